The number of fused-ring (bicyclic) bond motifs is 1. The fraction of sp³-hybridized carbons (Fsp3) is 0.158. The minimum Gasteiger partial charge on any atom is -0.392 e. The second-order valence-corrected chi connectivity index (χ2v) is 5.87. The maximum absolute atomic E-state index is 9.10. The molecule has 2 N–H and O–H groups in total. The second-order valence-electron chi connectivity index (χ2n) is 5.87. The van der Waals surface area contributed by atoms with Gasteiger partial charge in [0.25, 0.3) is 0 Å². The largest absolute Gasteiger partial charge is 0.392 e. The number of aliphatic hydroxyl groups is 1. The van der Waals surface area contributed by atoms with Crippen LogP contribution in [0.15, 0.2) is 61.3 Å². The lowest BCUT2D eigenvalue weighted by Crippen LogP contribution is -2.07. The van der Waals surface area contributed by atoms with Crippen LogP contribution >= 0.6 is 0 Å². The number of hydrogen-bond acceptors (Lipinski definition) is 6. The van der Waals surface area contributed by atoms with Gasteiger partial charge in [0.2, 0.25) is 0 Å². The number of aromatic nitrogens is 5. The summed E-state index contributed by atoms with van der Waals surface area (Å²) in [5.41, 5.74) is 3.78. The summed E-state index contributed by atoms with van der Waals surface area (Å²) >= 11 is 0. The highest BCUT2D eigenvalue weighted by atomic mass is 16.3. The summed E-state index contributed by atoms with van der Waals surface area (Å²) in [6.45, 7) is 0.809. The number of aliphatic hydroxyl groups excluding tert-OH is 1. The second kappa shape index (κ2) is 7.28. The van der Waals surface area contributed by atoms with E-state index in [9.17, 15) is 0 Å². The molecule has 130 valence electrons. The van der Waals surface area contributed by atoms with E-state index in [1.807, 2.05) is 36.4 Å². The Labute approximate surface area is 150 Å². The van der Waals surface area contributed by atoms with Crippen molar-refractivity contribution in [2.75, 3.05) is 11.9 Å². The van der Waals surface area contributed by atoms with Gasteiger partial charge in [-0.05, 0) is 29.7 Å². The Morgan fingerprint density at radius 2 is 1.73 bits per heavy atom. The molecule has 7 nitrogen and oxygen atoms in total. The van der Waals surface area contributed by atoms with Crippen LogP contribution in [0.1, 0.15) is 11.1 Å². The molecule has 0 bridgehead atoms. The smallest absolute Gasteiger partial charge is 0.168 e. The predicted molar refractivity (Wildman–Crippen MR) is 99.0 cm³/mol. The summed E-state index contributed by atoms with van der Waals surface area (Å²) < 4.78 is 1.78. The number of anilines is 1. The van der Waals surface area contributed by atoms with Crippen LogP contribution in [0.2, 0.25) is 0 Å². The lowest BCUT2D eigenvalue weighted by molar-refractivity contribution is 0.282. The SMILES string of the molecule is OCc1ccc(CCNc2ncnc3c2cnn3-c2ccncc2)cc1. The van der Waals surface area contributed by atoms with Gasteiger partial charge in [0.1, 0.15) is 12.1 Å². The average molecular weight is 346 g/mol. The fourth-order valence-electron chi connectivity index (χ4n) is 2.80. The van der Waals surface area contributed by atoms with Crippen molar-refractivity contribution < 1.29 is 5.11 Å². The van der Waals surface area contributed by atoms with Gasteiger partial charge >= 0.3 is 0 Å². The first-order valence-electron chi connectivity index (χ1n) is 8.37. The molecule has 1 aromatic carbocycles. The van der Waals surface area contributed by atoms with Gasteiger partial charge in [0.15, 0.2) is 5.65 Å². The zero-order valence-corrected chi connectivity index (χ0v) is 14.1. The van der Waals surface area contributed by atoms with Crippen LogP contribution in [0.25, 0.3) is 16.7 Å². The van der Waals surface area contributed by atoms with Crippen LogP contribution in [0.3, 0.4) is 0 Å². The standard InChI is InChI=1S/C19H18N6O/c26-12-15-3-1-14(2-4-15)5-10-21-18-17-11-24-25(19(17)23-13-22-18)16-6-8-20-9-7-16/h1-4,6-9,11,13,26H,5,10,12H2,(H,21,22,23). The molecule has 0 aliphatic heterocycles. The van der Waals surface area contributed by atoms with E-state index in [1.54, 1.807) is 29.6 Å². The van der Waals surface area contributed by atoms with Gasteiger partial charge in [-0.2, -0.15) is 5.10 Å². The van der Waals surface area contributed by atoms with Gasteiger partial charge in [-0.15, -0.1) is 0 Å². The van der Waals surface area contributed by atoms with Crippen LogP contribution in [-0.4, -0.2) is 36.4 Å². The quantitative estimate of drug-likeness (QED) is 0.557. The first-order chi connectivity index (χ1) is 12.8. The maximum Gasteiger partial charge on any atom is 0.168 e. The number of pyridine rings is 1. The van der Waals surface area contributed by atoms with Crippen molar-refractivity contribution in [1.82, 2.24) is 24.7 Å². The molecule has 3 aromatic heterocycles. The molecule has 0 saturated carbocycles. The molecular formula is C19H18N6O. The molecule has 0 unspecified atom stereocenters. The Hall–Kier alpha value is -3.32. The summed E-state index contributed by atoms with van der Waals surface area (Å²) in [6, 6.07) is 11.7. The molecular weight excluding hydrogens is 328 g/mol. The molecule has 0 aliphatic carbocycles. The van der Waals surface area contributed by atoms with E-state index in [-0.39, 0.29) is 6.61 Å². The van der Waals surface area contributed by atoms with Gasteiger partial charge < -0.3 is 10.4 Å². The Bertz CT molecular complexity index is 998. The van der Waals surface area contributed by atoms with Crippen molar-refractivity contribution in [3.63, 3.8) is 0 Å². The lowest BCUT2D eigenvalue weighted by Gasteiger charge is -2.07. The maximum atomic E-state index is 9.10. The Morgan fingerprint density at radius 1 is 0.962 bits per heavy atom. The van der Waals surface area contributed by atoms with Crippen LogP contribution in [-0.2, 0) is 13.0 Å². The third-order valence-electron chi connectivity index (χ3n) is 4.18. The van der Waals surface area contributed by atoms with Gasteiger partial charge in [-0.3, -0.25) is 4.98 Å². The minimum atomic E-state index is 0.0684. The molecule has 0 fully saturated rings. The molecule has 0 radical (unpaired) electrons. The Morgan fingerprint density at radius 3 is 2.50 bits per heavy atom. The summed E-state index contributed by atoms with van der Waals surface area (Å²) in [6.07, 6.45) is 7.63. The molecule has 0 saturated heterocycles. The predicted octanol–water partition coefficient (Wildman–Crippen LogP) is 2.36. The van der Waals surface area contributed by atoms with Crippen LogP contribution < -0.4 is 5.32 Å². The van der Waals surface area contributed by atoms with Crippen molar-refractivity contribution in [3.8, 4) is 5.69 Å². The summed E-state index contributed by atoms with van der Waals surface area (Å²) in [7, 11) is 0. The molecule has 0 amide bonds. The number of benzene rings is 1. The van der Waals surface area contributed by atoms with Gasteiger partial charge in [0.05, 0.1) is 23.9 Å². The Balaban J connectivity index is 1.51. The van der Waals surface area contributed by atoms with E-state index in [2.05, 4.69) is 25.4 Å². The third-order valence-corrected chi connectivity index (χ3v) is 4.18. The number of nitrogens with one attached hydrogen (secondary N) is 1. The van der Waals surface area contributed by atoms with E-state index in [1.165, 1.54) is 5.56 Å². The average Bonchev–Trinajstić information content (AvgIpc) is 3.14. The highest BCUT2D eigenvalue weighted by molar-refractivity contribution is 5.87. The number of nitrogens with zero attached hydrogens (tertiary/aromatic N) is 5. The number of hydrogen-bond donors (Lipinski definition) is 2. The van der Waals surface area contributed by atoms with E-state index in [0.29, 0.717) is 0 Å². The van der Waals surface area contributed by atoms with Crippen molar-refractivity contribution >= 4 is 16.9 Å². The fourth-order valence-corrected chi connectivity index (χ4v) is 2.80. The van der Waals surface area contributed by atoms with Gasteiger partial charge in [-0.1, -0.05) is 24.3 Å². The van der Waals surface area contributed by atoms with Crippen molar-refractivity contribution in [1.29, 1.82) is 0 Å². The summed E-state index contributed by atoms with van der Waals surface area (Å²) in [5.74, 6) is 0.766. The van der Waals surface area contributed by atoms with Gasteiger partial charge in [-0.25, -0.2) is 14.6 Å². The number of rotatable bonds is 6. The molecule has 4 rings (SSSR count). The highest BCUT2D eigenvalue weighted by Crippen LogP contribution is 2.21. The van der Waals surface area contributed by atoms with E-state index in [4.69, 9.17) is 5.11 Å². The molecule has 4 aromatic rings. The van der Waals surface area contributed by atoms with E-state index < -0.39 is 0 Å². The lowest BCUT2D eigenvalue weighted by atomic mass is 10.1. The molecule has 7 heteroatoms. The molecule has 0 spiro atoms. The first kappa shape index (κ1) is 16.2. The van der Waals surface area contributed by atoms with Gasteiger partial charge in [0, 0.05) is 18.9 Å². The van der Waals surface area contributed by atoms with Crippen LogP contribution in [0.5, 0.6) is 0 Å². The highest BCUT2D eigenvalue weighted by Gasteiger charge is 2.10. The molecule has 0 atom stereocenters. The summed E-state index contributed by atoms with van der Waals surface area (Å²) in [5, 5.41) is 17.8. The van der Waals surface area contributed by atoms with Crippen molar-refractivity contribution in [2.24, 2.45) is 0 Å². The Kier molecular flexibility index (Phi) is 4.53. The molecule has 3 heterocycles. The molecule has 0 aliphatic rings. The van der Waals surface area contributed by atoms with Crippen LogP contribution in [0, 0.1) is 0 Å². The zero-order valence-electron chi connectivity index (χ0n) is 14.1. The van der Waals surface area contributed by atoms with Crippen molar-refractivity contribution in [3.05, 3.63) is 72.4 Å². The minimum absolute atomic E-state index is 0.0684. The summed E-state index contributed by atoms with van der Waals surface area (Å²) in [4.78, 5) is 12.8. The monoisotopic (exact) mass is 346 g/mol. The topological polar surface area (TPSA) is 88.8 Å². The third kappa shape index (κ3) is 3.25. The zero-order chi connectivity index (χ0) is 17.8. The normalized spacial score (nSPS) is 11.0. The first-order valence-corrected chi connectivity index (χ1v) is 8.37. The van der Waals surface area contributed by atoms with Crippen molar-refractivity contribution in [2.45, 2.75) is 13.0 Å². The van der Waals surface area contributed by atoms with E-state index in [0.717, 1.165) is 41.1 Å². The van der Waals surface area contributed by atoms with E-state index >= 15 is 0 Å². The van der Waals surface area contributed by atoms with Crippen LogP contribution in [0.4, 0.5) is 5.82 Å². The molecule has 26 heavy (non-hydrogen) atoms.